The molecule has 0 saturated heterocycles. The summed E-state index contributed by atoms with van der Waals surface area (Å²) in [5.41, 5.74) is 0.617. The molecule has 0 aliphatic rings. The van der Waals surface area contributed by atoms with Crippen molar-refractivity contribution in [2.24, 2.45) is 5.92 Å². The molecule has 27 heavy (non-hydrogen) atoms. The molecule has 1 N–H and O–H groups in total. The number of carbonyl (C=O) groups is 2. The van der Waals surface area contributed by atoms with Gasteiger partial charge in [0.1, 0.15) is 10.6 Å². The Kier molecular flexibility index (Phi) is 7.55. The molecule has 1 atom stereocenters. The number of amides is 1. The van der Waals surface area contributed by atoms with Gasteiger partial charge in [-0.25, -0.2) is 4.98 Å². The normalized spacial score (nSPS) is 12.1. The maximum atomic E-state index is 13.1. The Morgan fingerprint density at radius 3 is 2.70 bits per heavy atom. The van der Waals surface area contributed by atoms with Gasteiger partial charge in [-0.1, -0.05) is 6.92 Å². The summed E-state index contributed by atoms with van der Waals surface area (Å²) < 4.78 is 10.9. The van der Waals surface area contributed by atoms with Crippen molar-refractivity contribution in [3.8, 4) is 10.8 Å². The Hall–Kier alpha value is -2.19. The van der Waals surface area contributed by atoms with E-state index >= 15 is 0 Å². The highest BCUT2D eigenvalue weighted by atomic mass is 32.1. The third-order valence-electron chi connectivity index (χ3n) is 4.07. The first-order valence-corrected chi connectivity index (χ1v) is 9.79. The van der Waals surface area contributed by atoms with Crippen LogP contribution in [-0.4, -0.2) is 53.2 Å². The molecule has 8 heteroatoms. The van der Waals surface area contributed by atoms with Gasteiger partial charge in [-0.2, -0.15) is 0 Å². The molecule has 2 aromatic rings. The molecular weight excluding hydrogens is 368 g/mol. The molecule has 0 saturated carbocycles. The van der Waals surface area contributed by atoms with Crippen LogP contribution in [0.3, 0.4) is 0 Å². The Balaban J connectivity index is 2.19. The molecule has 148 valence electrons. The number of aliphatic carboxylic acids is 1. The van der Waals surface area contributed by atoms with Crippen LogP contribution in [0.25, 0.3) is 10.8 Å². The first kappa shape index (κ1) is 21.1. The quantitative estimate of drug-likeness (QED) is 0.619. The fourth-order valence-electron chi connectivity index (χ4n) is 2.58. The maximum Gasteiger partial charge on any atom is 0.308 e. The van der Waals surface area contributed by atoms with E-state index in [1.165, 1.54) is 11.3 Å². The number of hydrogen-bond donors (Lipinski definition) is 1. The largest absolute Gasteiger partial charge is 0.481 e. The van der Waals surface area contributed by atoms with Crippen LogP contribution in [0.4, 0.5) is 0 Å². The summed E-state index contributed by atoms with van der Waals surface area (Å²) in [6, 6.07) is 3.68. The van der Waals surface area contributed by atoms with Gasteiger partial charge < -0.3 is 19.2 Å². The van der Waals surface area contributed by atoms with Crippen molar-refractivity contribution >= 4 is 23.2 Å². The average molecular weight is 394 g/mol. The van der Waals surface area contributed by atoms with E-state index in [0.717, 1.165) is 5.76 Å². The van der Waals surface area contributed by atoms with Crippen molar-refractivity contribution in [3.63, 3.8) is 0 Å². The van der Waals surface area contributed by atoms with Crippen LogP contribution >= 0.6 is 11.3 Å². The molecule has 0 fully saturated rings. The van der Waals surface area contributed by atoms with Crippen LogP contribution in [0, 0.1) is 19.8 Å². The zero-order chi connectivity index (χ0) is 20.0. The number of hydrogen-bond acceptors (Lipinski definition) is 6. The molecule has 2 aromatic heterocycles. The molecule has 0 aliphatic heterocycles. The Morgan fingerprint density at radius 1 is 1.37 bits per heavy atom. The fourth-order valence-corrected chi connectivity index (χ4v) is 3.58. The van der Waals surface area contributed by atoms with E-state index in [1.807, 2.05) is 26.0 Å². The molecule has 7 nitrogen and oxygen atoms in total. The molecule has 2 rings (SSSR count). The van der Waals surface area contributed by atoms with Crippen molar-refractivity contribution in [3.05, 3.63) is 28.5 Å². The summed E-state index contributed by atoms with van der Waals surface area (Å²) in [4.78, 5) is 30.9. The van der Waals surface area contributed by atoms with E-state index in [-0.39, 0.29) is 12.5 Å². The fraction of sp³-hybridized carbons (Fsp3) is 0.526. The number of carbonyl (C=O) groups excluding carboxylic acids is 1. The topological polar surface area (TPSA) is 92.9 Å². The maximum absolute atomic E-state index is 13.1. The summed E-state index contributed by atoms with van der Waals surface area (Å²) >= 11 is 1.27. The second-order valence-corrected chi connectivity index (χ2v) is 7.38. The Bertz CT molecular complexity index is 783. The lowest BCUT2D eigenvalue weighted by atomic mass is 10.1. The van der Waals surface area contributed by atoms with Gasteiger partial charge in [0.15, 0.2) is 10.8 Å². The minimum absolute atomic E-state index is 0.146. The standard InChI is InChI=1S/C19H26N2O5S/c1-5-25-10-6-9-21(11-12(2)19(23)24)18(22)16-14(4)20-17(27-16)15-8-7-13(3)26-15/h7-8,12H,5-6,9-11H2,1-4H3,(H,23,24). The van der Waals surface area contributed by atoms with Crippen molar-refractivity contribution in [1.82, 2.24) is 9.88 Å². The SMILES string of the molecule is CCOCCCN(CC(C)C(=O)O)C(=O)c1sc(-c2ccc(C)o2)nc1C. The zero-order valence-electron chi connectivity index (χ0n) is 16.2. The molecule has 0 spiro atoms. The van der Waals surface area contributed by atoms with Crippen LogP contribution in [0.1, 0.15) is 41.4 Å². The first-order chi connectivity index (χ1) is 12.8. The molecule has 1 unspecified atom stereocenters. The monoisotopic (exact) mass is 394 g/mol. The molecular formula is C19H26N2O5S. The van der Waals surface area contributed by atoms with Gasteiger partial charge in [0.2, 0.25) is 0 Å². The minimum atomic E-state index is -0.926. The number of thiazole rings is 1. The third-order valence-corrected chi connectivity index (χ3v) is 5.23. The van der Waals surface area contributed by atoms with Gasteiger partial charge in [-0.15, -0.1) is 11.3 Å². The summed E-state index contributed by atoms with van der Waals surface area (Å²) in [5, 5.41) is 9.86. The third kappa shape index (κ3) is 5.64. The molecule has 0 aromatic carbocycles. The van der Waals surface area contributed by atoms with Crippen LogP contribution < -0.4 is 0 Å². The summed E-state index contributed by atoms with van der Waals surface area (Å²) in [7, 11) is 0. The smallest absolute Gasteiger partial charge is 0.308 e. The summed E-state index contributed by atoms with van der Waals surface area (Å²) in [6.07, 6.45) is 0.647. The van der Waals surface area contributed by atoms with Crippen LogP contribution in [0.2, 0.25) is 0 Å². The Labute approximate surface area is 163 Å². The van der Waals surface area contributed by atoms with Gasteiger partial charge in [0, 0.05) is 26.3 Å². The lowest BCUT2D eigenvalue weighted by Crippen LogP contribution is -2.38. The van der Waals surface area contributed by atoms with E-state index < -0.39 is 11.9 Å². The van der Waals surface area contributed by atoms with Crippen molar-refractivity contribution in [2.75, 3.05) is 26.3 Å². The van der Waals surface area contributed by atoms with E-state index in [9.17, 15) is 14.7 Å². The van der Waals surface area contributed by atoms with Crippen molar-refractivity contribution < 1.29 is 23.8 Å². The highest BCUT2D eigenvalue weighted by Crippen LogP contribution is 2.30. The predicted octanol–water partition coefficient (Wildman–Crippen LogP) is 3.61. The highest BCUT2D eigenvalue weighted by molar-refractivity contribution is 7.17. The second-order valence-electron chi connectivity index (χ2n) is 6.38. The number of aryl methyl sites for hydroxylation is 2. The molecule has 0 aliphatic carbocycles. The average Bonchev–Trinajstić information content (AvgIpc) is 3.22. The van der Waals surface area contributed by atoms with E-state index in [1.54, 1.807) is 18.7 Å². The summed E-state index contributed by atoms with van der Waals surface area (Å²) in [5.74, 6) is -0.379. The number of nitrogens with zero attached hydrogens (tertiary/aromatic N) is 2. The number of rotatable bonds is 10. The van der Waals surface area contributed by atoms with E-state index in [2.05, 4.69) is 4.98 Å². The van der Waals surface area contributed by atoms with E-state index in [4.69, 9.17) is 9.15 Å². The predicted molar refractivity (Wildman–Crippen MR) is 103 cm³/mol. The molecule has 2 heterocycles. The lowest BCUT2D eigenvalue weighted by molar-refractivity contribution is -0.141. The van der Waals surface area contributed by atoms with Crippen molar-refractivity contribution in [1.29, 1.82) is 0 Å². The van der Waals surface area contributed by atoms with Gasteiger partial charge in [0.25, 0.3) is 5.91 Å². The van der Waals surface area contributed by atoms with Crippen LogP contribution in [-0.2, 0) is 9.53 Å². The van der Waals surface area contributed by atoms with E-state index in [0.29, 0.717) is 47.5 Å². The molecule has 0 radical (unpaired) electrons. The number of aromatic nitrogens is 1. The van der Waals surface area contributed by atoms with Gasteiger partial charge in [0.05, 0.1) is 11.6 Å². The Morgan fingerprint density at radius 2 is 2.11 bits per heavy atom. The number of carboxylic acid groups (broad SMARTS) is 1. The number of carboxylic acids is 1. The molecule has 0 bridgehead atoms. The van der Waals surface area contributed by atoms with Gasteiger partial charge >= 0.3 is 5.97 Å². The van der Waals surface area contributed by atoms with Crippen LogP contribution in [0.15, 0.2) is 16.5 Å². The number of ether oxygens (including phenoxy) is 1. The lowest BCUT2D eigenvalue weighted by Gasteiger charge is -2.24. The van der Waals surface area contributed by atoms with Gasteiger partial charge in [-0.3, -0.25) is 9.59 Å². The first-order valence-electron chi connectivity index (χ1n) is 8.97. The van der Waals surface area contributed by atoms with Crippen LogP contribution in [0.5, 0.6) is 0 Å². The number of furan rings is 1. The second kappa shape index (κ2) is 9.66. The van der Waals surface area contributed by atoms with Crippen molar-refractivity contribution in [2.45, 2.75) is 34.1 Å². The minimum Gasteiger partial charge on any atom is -0.481 e. The molecule has 1 amide bonds. The summed E-state index contributed by atoms with van der Waals surface area (Å²) in [6.45, 7) is 8.86. The van der Waals surface area contributed by atoms with Gasteiger partial charge in [-0.05, 0) is 39.3 Å². The zero-order valence-corrected chi connectivity index (χ0v) is 17.0. The highest BCUT2D eigenvalue weighted by Gasteiger charge is 2.25.